The van der Waals surface area contributed by atoms with E-state index in [9.17, 15) is 4.79 Å². The van der Waals surface area contributed by atoms with Crippen molar-refractivity contribution in [1.29, 1.82) is 0 Å². The fourth-order valence-electron chi connectivity index (χ4n) is 2.66. The summed E-state index contributed by atoms with van der Waals surface area (Å²) in [6.45, 7) is 3.06. The molecule has 22 heavy (non-hydrogen) atoms. The lowest BCUT2D eigenvalue weighted by Crippen LogP contribution is -2.22. The highest BCUT2D eigenvalue weighted by molar-refractivity contribution is 9.10. The predicted octanol–water partition coefficient (Wildman–Crippen LogP) is 4.39. The highest BCUT2D eigenvalue weighted by Gasteiger charge is 2.20. The van der Waals surface area contributed by atoms with Crippen LogP contribution < -0.4 is 5.32 Å². The molecule has 4 nitrogen and oxygen atoms in total. The maximum Gasteiger partial charge on any atom is 0.341 e. The minimum Gasteiger partial charge on any atom is -0.462 e. The van der Waals surface area contributed by atoms with Gasteiger partial charge < -0.3 is 10.1 Å². The summed E-state index contributed by atoms with van der Waals surface area (Å²) in [4.78, 5) is 16.6. The van der Waals surface area contributed by atoms with E-state index in [1.807, 2.05) is 25.1 Å². The van der Waals surface area contributed by atoms with E-state index in [2.05, 4.69) is 26.2 Å². The summed E-state index contributed by atoms with van der Waals surface area (Å²) in [5, 5.41) is 4.41. The minimum atomic E-state index is -0.326. The summed E-state index contributed by atoms with van der Waals surface area (Å²) in [5.41, 5.74) is 2.20. The van der Waals surface area contributed by atoms with Crippen LogP contribution in [0, 0.1) is 5.92 Å². The number of nitrogens with one attached hydrogen (secondary N) is 1. The third-order valence-corrected chi connectivity index (χ3v) is 4.61. The Bertz CT molecular complexity index is 698. The second kappa shape index (κ2) is 6.65. The van der Waals surface area contributed by atoms with Crippen LogP contribution in [0.1, 0.15) is 36.5 Å². The first-order chi connectivity index (χ1) is 10.7. The Morgan fingerprint density at radius 2 is 2.27 bits per heavy atom. The zero-order chi connectivity index (χ0) is 15.5. The molecule has 0 unspecified atom stereocenters. The van der Waals surface area contributed by atoms with Crippen LogP contribution in [0.3, 0.4) is 0 Å². The summed E-state index contributed by atoms with van der Waals surface area (Å²) < 4.78 is 6.13. The first kappa shape index (κ1) is 15.3. The summed E-state index contributed by atoms with van der Waals surface area (Å²) >= 11 is 3.49. The summed E-state index contributed by atoms with van der Waals surface area (Å²) in [5.74, 6) is 0.374. The van der Waals surface area contributed by atoms with E-state index >= 15 is 0 Å². The number of benzene rings is 1. The van der Waals surface area contributed by atoms with Gasteiger partial charge in [0.15, 0.2) is 0 Å². The van der Waals surface area contributed by atoms with E-state index in [0.29, 0.717) is 18.1 Å². The van der Waals surface area contributed by atoms with Crippen molar-refractivity contribution in [2.24, 2.45) is 5.92 Å². The van der Waals surface area contributed by atoms with Crippen molar-refractivity contribution in [3.63, 3.8) is 0 Å². The van der Waals surface area contributed by atoms with Crippen molar-refractivity contribution in [3.8, 4) is 0 Å². The zero-order valence-corrected chi connectivity index (χ0v) is 14.1. The third-order valence-electron chi connectivity index (χ3n) is 4.12. The normalized spacial score (nSPS) is 14.6. The van der Waals surface area contributed by atoms with Gasteiger partial charge in [-0.3, -0.25) is 4.98 Å². The van der Waals surface area contributed by atoms with Crippen molar-refractivity contribution in [2.45, 2.75) is 26.2 Å². The molecule has 1 aromatic heterocycles. The molecule has 0 spiro atoms. The molecule has 1 heterocycles. The van der Waals surface area contributed by atoms with Crippen LogP contribution in [0.4, 0.5) is 5.69 Å². The molecule has 2 aromatic rings. The van der Waals surface area contributed by atoms with Gasteiger partial charge in [0, 0.05) is 22.6 Å². The van der Waals surface area contributed by atoms with Crippen LogP contribution in [0.15, 0.2) is 28.9 Å². The number of nitrogens with zero attached hydrogens (tertiary/aromatic N) is 1. The number of anilines is 1. The molecule has 1 aliphatic rings. The van der Waals surface area contributed by atoms with E-state index < -0.39 is 0 Å². The number of ether oxygens (including phenoxy) is 1. The van der Waals surface area contributed by atoms with E-state index in [1.54, 1.807) is 6.20 Å². The van der Waals surface area contributed by atoms with Crippen molar-refractivity contribution in [3.05, 3.63) is 34.4 Å². The van der Waals surface area contributed by atoms with Crippen LogP contribution in [0.2, 0.25) is 0 Å². The maximum absolute atomic E-state index is 12.2. The molecule has 1 N–H and O–H groups in total. The Balaban J connectivity index is 2.01. The Kier molecular flexibility index (Phi) is 4.62. The predicted molar refractivity (Wildman–Crippen MR) is 91.2 cm³/mol. The van der Waals surface area contributed by atoms with Crippen LogP contribution >= 0.6 is 15.9 Å². The van der Waals surface area contributed by atoms with Gasteiger partial charge in [-0.2, -0.15) is 0 Å². The van der Waals surface area contributed by atoms with Crippen molar-refractivity contribution >= 4 is 38.5 Å². The molecule has 5 heteroatoms. The molecule has 0 saturated heterocycles. The average molecular weight is 363 g/mol. The summed E-state index contributed by atoms with van der Waals surface area (Å²) in [7, 11) is 0. The highest BCUT2D eigenvalue weighted by atomic mass is 79.9. The zero-order valence-electron chi connectivity index (χ0n) is 12.6. The third kappa shape index (κ3) is 3.09. The lowest BCUT2D eigenvalue weighted by molar-refractivity contribution is 0.0527. The second-order valence-electron chi connectivity index (χ2n) is 5.61. The molecule has 1 aromatic carbocycles. The molecule has 1 aliphatic carbocycles. The fourth-order valence-corrected chi connectivity index (χ4v) is 3.02. The van der Waals surface area contributed by atoms with E-state index in [4.69, 9.17) is 4.74 Å². The van der Waals surface area contributed by atoms with Gasteiger partial charge in [-0.1, -0.05) is 22.4 Å². The molecule has 3 rings (SSSR count). The van der Waals surface area contributed by atoms with E-state index in [-0.39, 0.29) is 5.97 Å². The van der Waals surface area contributed by atoms with Crippen LogP contribution in [0.5, 0.6) is 0 Å². The lowest BCUT2D eigenvalue weighted by Gasteiger charge is -2.26. The number of carbonyl (C=O) groups is 1. The number of hydrogen-bond donors (Lipinski definition) is 1. The SMILES string of the molecule is CCOC(=O)c1cnc2ccc(Br)cc2c1NCC1CCC1. The van der Waals surface area contributed by atoms with Gasteiger partial charge >= 0.3 is 5.97 Å². The molecule has 0 bridgehead atoms. The molecule has 0 aliphatic heterocycles. The molecule has 0 radical (unpaired) electrons. The van der Waals surface area contributed by atoms with Gasteiger partial charge in [-0.15, -0.1) is 0 Å². The molecule has 116 valence electrons. The average Bonchev–Trinajstić information content (AvgIpc) is 2.46. The van der Waals surface area contributed by atoms with Crippen molar-refractivity contribution < 1.29 is 9.53 Å². The molecule has 1 saturated carbocycles. The molecule has 0 amide bonds. The largest absolute Gasteiger partial charge is 0.462 e. The summed E-state index contributed by atoms with van der Waals surface area (Å²) in [6.07, 6.45) is 5.43. The minimum absolute atomic E-state index is 0.326. The Morgan fingerprint density at radius 3 is 2.95 bits per heavy atom. The number of carbonyl (C=O) groups excluding carboxylic acids is 1. The molecule has 0 atom stereocenters. The van der Waals surface area contributed by atoms with Gasteiger partial charge in [-0.25, -0.2) is 4.79 Å². The van der Waals surface area contributed by atoms with Gasteiger partial charge in [0.25, 0.3) is 0 Å². The monoisotopic (exact) mass is 362 g/mol. The van der Waals surface area contributed by atoms with Crippen LogP contribution in [0.25, 0.3) is 10.9 Å². The van der Waals surface area contributed by atoms with E-state index in [1.165, 1.54) is 19.3 Å². The van der Waals surface area contributed by atoms with Gasteiger partial charge in [0.05, 0.1) is 17.8 Å². The lowest BCUT2D eigenvalue weighted by atomic mass is 9.85. The molecule has 1 fully saturated rings. The Hall–Kier alpha value is -1.62. The van der Waals surface area contributed by atoms with Gasteiger partial charge in [0.2, 0.25) is 0 Å². The smallest absolute Gasteiger partial charge is 0.341 e. The first-order valence-electron chi connectivity index (χ1n) is 7.68. The number of rotatable bonds is 5. The maximum atomic E-state index is 12.2. The van der Waals surface area contributed by atoms with Gasteiger partial charge in [-0.05, 0) is 43.9 Å². The Labute approximate surface area is 138 Å². The highest BCUT2D eigenvalue weighted by Crippen LogP contribution is 2.31. The van der Waals surface area contributed by atoms with Crippen molar-refractivity contribution in [1.82, 2.24) is 4.98 Å². The Morgan fingerprint density at radius 1 is 1.45 bits per heavy atom. The summed E-state index contributed by atoms with van der Waals surface area (Å²) in [6, 6.07) is 5.89. The number of pyridine rings is 1. The second-order valence-corrected chi connectivity index (χ2v) is 6.52. The molecular weight excluding hydrogens is 344 g/mol. The van der Waals surface area contributed by atoms with Crippen LogP contribution in [-0.2, 0) is 4.74 Å². The van der Waals surface area contributed by atoms with E-state index in [0.717, 1.165) is 27.6 Å². The quantitative estimate of drug-likeness (QED) is 0.801. The van der Waals surface area contributed by atoms with Crippen molar-refractivity contribution in [2.75, 3.05) is 18.5 Å². The first-order valence-corrected chi connectivity index (χ1v) is 8.47. The standard InChI is InChI=1S/C17H19BrN2O2/c1-2-22-17(21)14-10-19-15-7-6-12(18)8-13(15)16(14)20-9-11-4-3-5-11/h6-8,10-11H,2-5,9H2,1H3,(H,19,20). The van der Waals surface area contributed by atoms with Crippen LogP contribution in [-0.4, -0.2) is 24.1 Å². The number of aromatic nitrogens is 1. The number of halogens is 1. The molecular formula is C17H19BrN2O2. The number of hydrogen-bond acceptors (Lipinski definition) is 4. The van der Waals surface area contributed by atoms with Gasteiger partial charge in [0.1, 0.15) is 5.56 Å². The topological polar surface area (TPSA) is 51.2 Å². The number of fused-ring (bicyclic) bond motifs is 1. The fraction of sp³-hybridized carbons (Fsp3) is 0.412. The number of esters is 1.